The van der Waals surface area contributed by atoms with Crippen molar-refractivity contribution in [3.05, 3.63) is 22.6 Å². The fourth-order valence-corrected chi connectivity index (χ4v) is 3.01. The summed E-state index contributed by atoms with van der Waals surface area (Å²) in [5, 5.41) is 9.33. The molecule has 0 radical (unpaired) electrons. The number of halogens is 1. The van der Waals surface area contributed by atoms with Crippen molar-refractivity contribution in [2.45, 2.75) is 18.9 Å². The number of aromatic hydroxyl groups is 1. The first-order chi connectivity index (χ1) is 8.65. The van der Waals surface area contributed by atoms with Gasteiger partial charge in [0, 0.05) is 48.1 Å². The molecule has 18 heavy (non-hydrogen) atoms. The van der Waals surface area contributed by atoms with E-state index in [9.17, 15) is 9.90 Å². The van der Waals surface area contributed by atoms with Crippen LogP contribution in [0.5, 0.6) is 5.88 Å². The van der Waals surface area contributed by atoms with E-state index < -0.39 is 0 Å². The van der Waals surface area contributed by atoms with Crippen LogP contribution in [-0.4, -0.2) is 35.8 Å². The van der Waals surface area contributed by atoms with E-state index in [4.69, 9.17) is 0 Å². The number of fused-ring (bicyclic) bond motifs is 1. The van der Waals surface area contributed by atoms with Gasteiger partial charge in [0.15, 0.2) is 5.65 Å². The summed E-state index contributed by atoms with van der Waals surface area (Å²) < 4.78 is 4.00. The second-order valence-electron chi connectivity index (χ2n) is 4.48. The molecule has 1 aliphatic heterocycles. The lowest BCUT2D eigenvalue weighted by Crippen LogP contribution is -2.32. The molecule has 3 heterocycles. The predicted molar refractivity (Wildman–Crippen MR) is 75.9 cm³/mol. The molecule has 1 fully saturated rings. The monoisotopic (exact) mass is 360 g/mol. The van der Waals surface area contributed by atoms with Gasteiger partial charge in [-0.15, -0.1) is 0 Å². The molecule has 1 aliphatic rings. The zero-order chi connectivity index (χ0) is 12.7. The first kappa shape index (κ1) is 12.0. The third-order valence-electron chi connectivity index (χ3n) is 3.34. The molecule has 0 aliphatic carbocycles. The third kappa shape index (κ3) is 2.01. The quantitative estimate of drug-likeness (QED) is 0.596. The highest BCUT2D eigenvalue weighted by Crippen LogP contribution is 2.26. The van der Waals surface area contributed by atoms with E-state index in [0.717, 1.165) is 31.4 Å². The molecular weight excluding hydrogens is 347 g/mol. The summed E-state index contributed by atoms with van der Waals surface area (Å²) in [6.07, 6.45) is 1.91. The maximum Gasteiger partial charge on any atom is 0.327 e. The van der Waals surface area contributed by atoms with Crippen molar-refractivity contribution in [2.24, 2.45) is 0 Å². The lowest BCUT2D eigenvalue weighted by atomic mass is 10.1. The summed E-state index contributed by atoms with van der Waals surface area (Å²) in [5.41, 5.74) is 1.08. The minimum absolute atomic E-state index is 0.0713. The molecule has 6 nitrogen and oxygen atoms in total. The smallest absolute Gasteiger partial charge is 0.327 e. The van der Waals surface area contributed by atoms with Crippen LogP contribution in [0.15, 0.2) is 16.9 Å². The van der Waals surface area contributed by atoms with Crippen LogP contribution >= 0.6 is 22.9 Å². The van der Waals surface area contributed by atoms with E-state index in [1.807, 2.05) is 0 Å². The van der Waals surface area contributed by atoms with Crippen LogP contribution in [0.4, 0.5) is 0 Å². The van der Waals surface area contributed by atoms with Crippen LogP contribution < -0.4 is 5.69 Å². The molecular formula is C11H13IN4O2. The third-order valence-corrected chi connectivity index (χ3v) is 4.30. The zero-order valence-corrected chi connectivity index (χ0v) is 11.8. The molecule has 2 N–H and O–H groups in total. The van der Waals surface area contributed by atoms with E-state index >= 15 is 0 Å². The van der Waals surface area contributed by atoms with E-state index in [1.54, 1.807) is 10.6 Å². The van der Waals surface area contributed by atoms with Crippen LogP contribution in [0.3, 0.4) is 0 Å². The number of imidazole rings is 1. The lowest BCUT2D eigenvalue weighted by molar-refractivity contribution is 0.307. The fourth-order valence-electron chi connectivity index (χ4n) is 2.45. The number of pyridine rings is 1. The van der Waals surface area contributed by atoms with Gasteiger partial charge in [0.05, 0.1) is 5.52 Å². The highest BCUT2D eigenvalue weighted by molar-refractivity contribution is 14.1. The Labute approximate surface area is 117 Å². The van der Waals surface area contributed by atoms with Crippen LogP contribution in [-0.2, 0) is 0 Å². The molecule has 7 heteroatoms. The van der Waals surface area contributed by atoms with Crippen molar-refractivity contribution in [3.8, 4) is 5.88 Å². The summed E-state index contributed by atoms with van der Waals surface area (Å²) in [5.74, 6) is -0.0713. The Morgan fingerprint density at radius 1 is 1.39 bits per heavy atom. The Hall–Kier alpha value is -1.09. The van der Waals surface area contributed by atoms with Gasteiger partial charge in [-0.3, -0.25) is 9.55 Å². The number of aromatic amines is 1. The highest BCUT2D eigenvalue weighted by Gasteiger charge is 2.22. The van der Waals surface area contributed by atoms with Crippen molar-refractivity contribution < 1.29 is 5.11 Å². The Bertz CT molecular complexity index is 627. The molecule has 1 saturated heterocycles. The average molecular weight is 360 g/mol. The maximum absolute atomic E-state index is 12.0. The van der Waals surface area contributed by atoms with Crippen molar-refractivity contribution >= 4 is 34.0 Å². The van der Waals surface area contributed by atoms with Crippen molar-refractivity contribution in [2.75, 3.05) is 13.1 Å². The molecule has 0 unspecified atom stereocenters. The Kier molecular flexibility index (Phi) is 3.02. The average Bonchev–Trinajstić information content (AvgIpc) is 2.65. The maximum atomic E-state index is 12.0. The summed E-state index contributed by atoms with van der Waals surface area (Å²) in [7, 11) is 0. The predicted octanol–water partition coefficient (Wildman–Crippen LogP) is 1.42. The molecule has 0 spiro atoms. The van der Waals surface area contributed by atoms with E-state index in [0.29, 0.717) is 5.65 Å². The molecule has 0 saturated carbocycles. The van der Waals surface area contributed by atoms with Gasteiger partial charge in [0.1, 0.15) is 0 Å². The van der Waals surface area contributed by atoms with Crippen LogP contribution in [0.1, 0.15) is 18.9 Å². The molecule has 2 aromatic heterocycles. The van der Waals surface area contributed by atoms with Gasteiger partial charge in [-0.25, -0.2) is 7.91 Å². The van der Waals surface area contributed by atoms with Crippen LogP contribution in [0, 0.1) is 0 Å². The first-order valence-electron chi connectivity index (χ1n) is 5.86. The minimum Gasteiger partial charge on any atom is -0.493 e. The van der Waals surface area contributed by atoms with Gasteiger partial charge in [0.2, 0.25) is 5.88 Å². The molecule has 0 bridgehead atoms. The number of hydrogen-bond donors (Lipinski definition) is 2. The topological polar surface area (TPSA) is 74.1 Å². The second kappa shape index (κ2) is 4.54. The normalized spacial score (nSPS) is 18.5. The van der Waals surface area contributed by atoms with E-state index in [2.05, 4.69) is 35.9 Å². The second-order valence-corrected chi connectivity index (χ2v) is 5.84. The van der Waals surface area contributed by atoms with E-state index in [-0.39, 0.29) is 17.6 Å². The summed E-state index contributed by atoms with van der Waals surface area (Å²) in [4.78, 5) is 18.6. The minimum atomic E-state index is -0.144. The van der Waals surface area contributed by atoms with Crippen molar-refractivity contribution in [3.63, 3.8) is 0 Å². The molecule has 0 atom stereocenters. The Morgan fingerprint density at radius 3 is 2.83 bits per heavy atom. The SMILES string of the molecule is O=c1[nH]c2nc(O)ccc2n1C1CCN(I)CC1. The largest absolute Gasteiger partial charge is 0.493 e. The zero-order valence-electron chi connectivity index (χ0n) is 9.64. The van der Waals surface area contributed by atoms with Crippen molar-refractivity contribution in [1.82, 2.24) is 17.6 Å². The number of nitrogens with zero attached hydrogens (tertiary/aromatic N) is 3. The first-order valence-corrected chi connectivity index (χ1v) is 6.82. The lowest BCUT2D eigenvalue weighted by Gasteiger charge is -2.28. The summed E-state index contributed by atoms with van der Waals surface area (Å²) in [6, 6.07) is 3.47. The van der Waals surface area contributed by atoms with Crippen molar-refractivity contribution in [1.29, 1.82) is 0 Å². The summed E-state index contributed by atoms with van der Waals surface area (Å²) in [6.45, 7) is 1.96. The van der Waals surface area contributed by atoms with Gasteiger partial charge in [-0.1, -0.05) is 0 Å². The molecule has 0 amide bonds. The molecule has 3 rings (SSSR count). The summed E-state index contributed by atoms with van der Waals surface area (Å²) >= 11 is 2.31. The van der Waals surface area contributed by atoms with Gasteiger partial charge < -0.3 is 5.11 Å². The van der Waals surface area contributed by atoms with Gasteiger partial charge in [-0.2, -0.15) is 4.98 Å². The fraction of sp³-hybridized carbons (Fsp3) is 0.455. The van der Waals surface area contributed by atoms with Crippen LogP contribution in [0.25, 0.3) is 11.2 Å². The number of piperidine rings is 1. The Balaban J connectivity index is 2.06. The standard InChI is InChI=1S/C11H13IN4O2/c12-15-5-3-7(4-6-15)16-8-1-2-9(17)13-10(8)14-11(16)18/h1-2,7H,3-6H2,(H2,13,14,17,18). The Morgan fingerprint density at radius 2 is 2.11 bits per heavy atom. The number of hydrogen-bond acceptors (Lipinski definition) is 4. The molecule has 0 aromatic carbocycles. The highest BCUT2D eigenvalue weighted by atomic mass is 127. The van der Waals surface area contributed by atoms with Gasteiger partial charge >= 0.3 is 5.69 Å². The number of H-pyrrole nitrogens is 1. The number of nitrogens with one attached hydrogen (secondary N) is 1. The number of aromatic nitrogens is 3. The van der Waals surface area contributed by atoms with E-state index in [1.165, 1.54) is 6.07 Å². The molecule has 2 aromatic rings. The molecule has 96 valence electrons. The number of rotatable bonds is 1. The van der Waals surface area contributed by atoms with Gasteiger partial charge in [0.25, 0.3) is 0 Å². The van der Waals surface area contributed by atoms with Crippen LogP contribution in [0.2, 0.25) is 0 Å². The van der Waals surface area contributed by atoms with Gasteiger partial charge in [-0.05, 0) is 18.9 Å².